The van der Waals surface area contributed by atoms with Gasteiger partial charge in [0.15, 0.2) is 5.78 Å². The SMILES string of the molecule is O=C1c2ccccc2C(O)(c2ccccc2N(c2ccccc2)c2ccccc2)C2C=CC=CC12. The van der Waals surface area contributed by atoms with Crippen molar-refractivity contribution in [3.63, 3.8) is 0 Å². The minimum atomic E-state index is -1.39. The number of aliphatic hydroxyl groups is 1. The van der Waals surface area contributed by atoms with E-state index in [4.69, 9.17) is 0 Å². The summed E-state index contributed by atoms with van der Waals surface area (Å²) in [5.74, 6) is -0.782. The van der Waals surface area contributed by atoms with Gasteiger partial charge < -0.3 is 10.0 Å². The van der Waals surface area contributed by atoms with Crippen molar-refractivity contribution in [1.29, 1.82) is 0 Å². The lowest BCUT2D eigenvalue weighted by Gasteiger charge is -2.45. The number of rotatable bonds is 4. The van der Waals surface area contributed by atoms with Crippen molar-refractivity contribution in [2.45, 2.75) is 5.60 Å². The van der Waals surface area contributed by atoms with Crippen LogP contribution >= 0.6 is 0 Å². The first-order valence-electron chi connectivity index (χ1n) is 11.9. The van der Waals surface area contributed by atoms with Crippen LogP contribution in [-0.4, -0.2) is 10.9 Å². The minimum Gasteiger partial charge on any atom is -0.380 e. The zero-order chi connectivity index (χ0) is 23.8. The summed E-state index contributed by atoms with van der Waals surface area (Å²) < 4.78 is 0. The van der Waals surface area contributed by atoms with Crippen LogP contribution < -0.4 is 4.90 Å². The van der Waals surface area contributed by atoms with E-state index in [1.54, 1.807) is 0 Å². The first-order chi connectivity index (χ1) is 17.2. The molecule has 0 aliphatic heterocycles. The van der Waals surface area contributed by atoms with Crippen molar-refractivity contribution in [3.05, 3.63) is 150 Å². The Morgan fingerprint density at radius 1 is 0.629 bits per heavy atom. The maximum atomic E-state index is 13.4. The van der Waals surface area contributed by atoms with Crippen molar-refractivity contribution in [2.75, 3.05) is 4.90 Å². The van der Waals surface area contributed by atoms with Crippen LogP contribution in [0.4, 0.5) is 17.1 Å². The largest absolute Gasteiger partial charge is 0.380 e. The molecule has 0 bridgehead atoms. The third-order valence-electron chi connectivity index (χ3n) is 7.11. The summed E-state index contributed by atoms with van der Waals surface area (Å²) in [7, 11) is 0. The van der Waals surface area contributed by atoms with E-state index in [1.807, 2.05) is 109 Å². The lowest BCUT2D eigenvalue weighted by atomic mass is 9.61. The van der Waals surface area contributed by atoms with Gasteiger partial charge in [-0.1, -0.05) is 103 Å². The second kappa shape index (κ2) is 8.53. The fourth-order valence-electron chi connectivity index (χ4n) is 5.54. The molecule has 1 N–H and O–H groups in total. The van der Waals surface area contributed by atoms with Crippen LogP contribution in [0, 0.1) is 11.8 Å². The van der Waals surface area contributed by atoms with E-state index in [1.165, 1.54) is 0 Å². The molecule has 2 aliphatic carbocycles. The molecule has 0 radical (unpaired) electrons. The van der Waals surface area contributed by atoms with Gasteiger partial charge in [-0.3, -0.25) is 4.79 Å². The molecular weight excluding hydrogens is 430 g/mol. The molecule has 3 atom stereocenters. The van der Waals surface area contributed by atoms with Gasteiger partial charge in [0.1, 0.15) is 5.60 Å². The summed E-state index contributed by atoms with van der Waals surface area (Å²) in [4.78, 5) is 15.6. The summed E-state index contributed by atoms with van der Waals surface area (Å²) in [6.45, 7) is 0. The fraction of sp³-hybridized carbons (Fsp3) is 0.0938. The number of carbonyl (C=O) groups is 1. The summed E-state index contributed by atoms with van der Waals surface area (Å²) in [6.07, 6.45) is 7.73. The highest BCUT2D eigenvalue weighted by Gasteiger charge is 2.52. The Hall–Kier alpha value is -4.21. The first-order valence-corrected chi connectivity index (χ1v) is 11.9. The topological polar surface area (TPSA) is 40.5 Å². The average molecular weight is 456 g/mol. The number of benzene rings is 4. The van der Waals surface area contributed by atoms with E-state index >= 15 is 0 Å². The van der Waals surface area contributed by atoms with Crippen molar-refractivity contribution in [1.82, 2.24) is 0 Å². The molecule has 3 heteroatoms. The summed E-state index contributed by atoms with van der Waals surface area (Å²) in [5.41, 5.74) is 3.46. The Morgan fingerprint density at radius 2 is 1.17 bits per heavy atom. The number of allylic oxidation sites excluding steroid dienone is 3. The maximum absolute atomic E-state index is 13.4. The quantitative estimate of drug-likeness (QED) is 0.362. The van der Waals surface area contributed by atoms with E-state index in [0.717, 1.165) is 22.6 Å². The van der Waals surface area contributed by atoms with Gasteiger partial charge in [0, 0.05) is 28.4 Å². The molecule has 0 saturated carbocycles. The third-order valence-corrected chi connectivity index (χ3v) is 7.11. The number of anilines is 3. The Morgan fingerprint density at radius 3 is 1.86 bits per heavy atom. The second-order valence-electron chi connectivity index (χ2n) is 9.02. The molecule has 4 aromatic rings. The Labute approximate surface area is 205 Å². The van der Waals surface area contributed by atoms with Crippen LogP contribution in [0.15, 0.2) is 133 Å². The van der Waals surface area contributed by atoms with Crippen LogP contribution in [0.3, 0.4) is 0 Å². The molecule has 0 amide bonds. The molecule has 3 unspecified atom stereocenters. The van der Waals surface area contributed by atoms with Crippen molar-refractivity contribution in [2.24, 2.45) is 11.8 Å². The Kier molecular flexibility index (Phi) is 5.20. The van der Waals surface area contributed by atoms with Crippen LogP contribution in [0.1, 0.15) is 21.5 Å². The number of ketones is 1. The number of para-hydroxylation sites is 3. The molecule has 0 spiro atoms. The number of fused-ring (bicyclic) bond motifs is 2. The molecule has 0 fully saturated rings. The summed E-state index contributed by atoms with van der Waals surface area (Å²) in [6, 6.07) is 35.8. The zero-order valence-corrected chi connectivity index (χ0v) is 19.2. The number of hydrogen-bond acceptors (Lipinski definition) is 3. The van der Waals surface area contributed by atoms with E-state index in [9.17, 15) is 9.90 Å². The minimum absolute atomic E-state index is 0.0522. The van der Waals surface area contributed by atoms with Gasteiger partial charge in [-0.05, 0) is 35.9 Å². The van der Waals surface area contributed by atoms with E-state index in [-0.39, 0.29) is 5.78 Å². The van der Waals surface area contributed by atoms with Crippen LogP contribution in [0.5, 0.6) is 0 Å². The molecular formula is C32H25NO2. The predicted molar refractivity (Wildman–Crippen MR) is 140 cm³/mol. The molecule has 0 aromatic heterocycles. The molecule has 0 heterocycles. The zero-order valence-electron chi connectivity index (χ0n) is 19.2. The summed E-state index contributed by atoms with van der Waals surface area (Å²) in [5, 5.41) is 12.8. The van der Waals surface area contributed by atoms with Crippen LogP contribution in [-0.2, 0) is 5.60 Å². The highest BCUT2D eigenvalue weighted by Crippen LogP contribution is 2.52. The molecule has 2 aliphatic rings. The van der Waals surface area contributed by atoms with Gasteiger partial charge in [0.25, 0.3) is 0 Å². The number of hydrogen-bond donors (Lipinski definition) is 1. The highest BCUT2D eigenvalue weighted by atomic mass is 16.3. The monoisotopic (exact) mass is 455 g/mol. The van der Waals surface area contributed by atoms with E-state index < -0.39 is 17.4 Å². The lowest BCUT2D eigenvalue weighted by Crippen LogP contribution is -2.47. The van der Waals surface area contributed by atoms with E-state index in [2.05, 4.69) is 29.2 Å². The van der Waals surface area contributed by atoms with E-state index in [0.29, 0.717) is 11.1 Å². The number of Topliss-reactive ketones (excluding diaryl/α,β-unsaturated/α-hetero) is 1. The van der Waals surface area contributed by atoms with Gasteiger partial charge in [-0.2, -0.15) is 0 Å². The fourth-order valence-corrected chi connectivity index (χ4v) is 5.54. The molecule has 0 saturated heterocycles. The first kappa shape index (κ1) is 21.3. The molecule has 3 nitrogen and oxygen atoms in total. The van der Waals surface area contributed by atoms with Gasteiger partial charge >= 0.3 is 0 Å². The van der Waals surface area contributed by atoms with Crippen LogP contribution in [0.2, 0.25) is 0 Å². The van der Waals surface area contributed by atoms with Crippen molar-refractivity contribution in [3.8, 4) is 0 Å². The lowest BCUT2D eigenvalue weighted by molar-refractivity contribution is 0.0116. The normalized spacial score (nSPS) is 22.4. The van der Waals surface area contributed by atoms with Crippen molar-refractivity contribution >= 4 is 22.8 Å². The average Bonchev–Trinajstić information content (AvgIpc) is 2.93. The highest BCUT2D eigenvalue weighted by molar-refractivity contribution is 6.03. The van der Waals surface area contributed by atoms with Gasteiger partial charge in [0.05, 0.1) is 11.6 Å². The molecule has 4 aromatic carbocycles. The molecule has 35 heavy (non-hydrogen) atoms. The molecule has 170 valence electrons. The number of carbonyl (C=O) groups excluding carboxylic acids is 1. The van der Waals surface area contributed by atoms with Gasteiger partial charge in [-0.15, -0.1) is 0 Å². The van der Waals surface area contributed by atoms with Gasteiger partial charge in [0.2, 0.25) is 0 Å². The van der Waals surface area contributed by atoms with Crippen molar-refractivity contribution < 1.29 is 9.90 Å². The van der Waals surface area contributed by atoms with Gasteiger partial charge in [-0.25, -0.2) is 0 Å². The second-order valence-corrected chi connectivity index (χ2v) is 9.02. The summed E-state index contributed by atoms with van der Waals surface area (Å²) >= 11 is 0. The van der Waals surface area contributed by atoms with Crippen LogP contribution in [0.25, 0.3) is 0 Å². The Balaban J connectivity index is 1.64. The Bertz CT molecular complexity index is 1400. The molecule has 6 rings (SSSR count). The number of nitrogens with zero attached hydrogens (tertiary/aromatic N) is 1. The maximum Gasteiger partial charge on any atom is 0.170 e. The third kappa shape index (κ3) is 3.36. The standard InChI is InChI=1S/C32H25NO2/c34-31-25-17-7-9-19-27(25)32(35,28-20-10-8-18-26(28)31)29-21-11-12-22-30(29)33(23-13-3-1-4-14-23)24-15-5-2-6-16-24/h1-22,25,27,35H. The predicted octanol–water partition coefficient (Wildman–Crippen LogP) is 6.95. The smallest absolute Gasteiger partial charge is 0.170 e.